The van der Waals surface area contributed by atoms with Crippen LogP contribution in [0.25, 0.3) is 0 Å². The van der Waals surface area contributed by atoms with E-state index in [2.05, 4.69) is 0 Å². The highest BCUT2D eigenvalue weighted by Gasteiger charge is 2.50. The Kier molecular flexibility index (Phi) is 2.49. The fourth-order valence-electron chi connectivity index (χ4n) is 1.41. The number of carbonyl (C=O) groups excluding carboxylic acids is 2. The van der Waals surface area contributed by atoms with Gasteiger partial charge < -0.3 is 9.47 Å². The number of hydrogen-bond acceptors (Lipinski definition) is 4. The van der Waals surface area contributed by atoms with E-state index in [0.29, 0.717) is 0 Å². The van der Waals surface area contributed by atoms with Gasteiger partial charge in [0.15, 0.2) is 5.41 Å². The Bertz CT molecular complexity index is 345. The zero-order valence-corrected chi connectivity index (χ0v) is 8.96. The zero-order valence-electron chi connectivity index (χ0n) is 13.0. The number of rotatable bonds is 4. The summed E-state index contributed by atoms with van der Waals surface area (Å²) < 4.78 is 41.1. The average Bonchev–Trinajstić information content (AvgIpc) is 2.46. The van der Waals surface area contributed by atoms with Gasteiger partial charge in [-0.2, -0.15) is 0 Å². The zero-order chi connectivity index (χ0) is 14.9. The molecule has 0 aromatic carbocycles. The van der Waals surface area contributed by atoms with Crippen molar-refractivity contribution < 1.29 is 24.5 Å². The molecule has 1 fully saturated rings. The minimum atomic E-state index is -2.55. The predicted molar refractivity (Wildman–Crippen MR) is 54.2 cm³/mol. The topological polar surface area (TPSA) is 52.6 Å². The summed E-state index contributed by atoms with van der Waals surface area (Å²) >= 11 is 0. The highest BCUT2D eigenvalue weighted by Crippen LogP contribution is 2.40. The molecule has 0 aromatic heterocycles. The summed E-state index contributed by atoms with van der Waals surface area (Å²) in [5.74, 6) is -2.39. The first-order chi connectivity index (χ1) is 8.67. The number of hydrogen-bond donors (Lipinski definition) is 0. The van der Waals surface area contributed by atoms with Crippen LogP contribution in [-0.4, -0.2) is 25.2 Å². The molecule has 0 unspecified atom stereocenters. The van der Waals surface area contributed by atoms with Gasteiger partial charge in [0.1, 0.15) is 0 Å². The molecule has 15 heavy (non-hydrogen) atoms. The lowest BCUT2D eigenvalue weighted by atomic mass is 9.86. The van der Waals surface area contributed by atoms with E-state index < -0.39 is 30.1 Å². The van der Waals surface area contributed by atoms with Gasteiger partial charge in [0.25, 0.3) is 0 Å². The Morgan fingerprint density at radius 1 is 1.13 bits per heavy atom. The van der Waals surface area contributed by atoms with Crippen molar-refractivity contribution in [1.29, 1.82) is 0 Å². The lowest BCUT2D eigenvalue weighted by Gasteiger charge is -2.23. The molecule has 0 spiro atoms. The monoisotopic (exact) mass is 218 g/mol. The highest BCUT2D eigenvalue weighted by molar-refractivity contribution is 6.00. The van der Waals surface area contributed by atoms with E-state index in [0.717, 1.165) is 0 Å². The molecular formula is C11H18O4. The van der Waals surface area contributed by atoms with E-state index >= 15 is 0 Å². The van der Waals surface area contributed by atoms with Crippen molar-refractivity contribution in [3.63, 3.8) is 0 Å². The third-order valence-electron chi connectivity index (χ3n) is 2.07. The van der Waals surface area contributed by atoms with Gasteiger partial charge in [-0.3, -0.25) is 9.59 Å². The summed E-state index contributed by atoms with van der Waals surface area (Å²) in [6.07, 6.45) is -5.15. The number of esters is 2. The maximum atomic E-state index is 12.1. The summed E-state index contributed by atoms with van der Waals surface area (Å²) in [7, 11) is 0. The first-order valence-corrected chi connectivity index (χ1v) is 5.02. The fraction of sp³-hybridized carbons (Fsp3) is 0.818. The van der Waals surface area contributed by atoms with Gasteiger partial charge in [0, 0.05) is 5.48 Å². The molecule has 0 atom stereocenters. The molecule has 0 bridgehead atoms. The van der Waals surface area contributed by atoms with Crippen LogP contribution in [0, 0.1) is 5.41 Å². The molecule has 0 saturated heterocycles. The largest absolute Gasteiger partial charge is 0.465 e. The second-order valence-electron chi connectivity index (χ2n) is 3.04. The van der Waals surface area contributed by atoms with Gasteiger partial charge in [-0.1, -0.05) is 12.8 Å². The van der Waals surface area contributed by atoms with E-state index in [-0.39, 0.29) is 26.1 Å². The Balaban J connectivity index is 3.39. The van der Waals surface area contributed by atoms with Crippen molar-refractivity contribution in [2.45, 2.75) is 39.4 Å². The predicted octanol–water partition coefficient (Wildman–Crippen LogP) is 1.67. The molecule has 86 valence electrons. The molecule has 0 aromatic rings. The lowest BCUT2D eigenvalue weighted by molar-refractivity contribution is -0.171. The SMILES string of the molecule is [2H]C1([2H])CCC([2H])([2H])C1(C(=O)OCC)C(=O)OCC. The summed E-state index contributed by atoms with van der Waals surface area (Å²) in [5, 5.41) is 0. The first kappa shape index (κ1) is 7.25. The summed E-state index contributed by atoms with van der Waals surface area (Å²) in [4.78, 5) is 24.2. The highest BCUT2D eigenvalue weighted by atomic mass is 16.6. The number of ether oxygens (including phenoxy) is 2. The van der Waals surface area contributed by atoms with Crippen molar-refractivity contribution in [1.82, 2.24) is 0 Å². The lowest BCUT2D eigenvalue weighted by Crippen LogP contribution is -2.39. The van der Waals surface area contributed by atoms with Gasteiger partial charge in [0.05, 0.1) is 13.2 Å². The number of carbonyl (C=O) groups is 2. The van der Waals surface area contributed by atoms with E-state index in [4.69, 9.17) is 15.0 Å². The Labute approximate surface area is 95.6 Å². The van der Waals surface area contributed by atoms with Crippen molar-refractivity contribution in [3.8, 4) is 0 Å². The molecule has 0 heterocycles. The minimum Gasteiger partial charge on any atom is -0.465 e. The smallest absolute Gasteiger partial charge is 0.323 e. The van der Waals surface area contributed by atoms with Crippen molar-refractivity contribution in [3.05, 3.63) is 0 Å². The quantitative estimate of drug-likeness (QED) is 0.532. The molecule has 4 nitrogen and oxygen atoms in total. The van der Waals surface area contributed by atoms with Gasteiger partial charge in [-0.25, -0.2) is 0 Å². The van der Waals surface area contributed by atoms with Crippen LogP contribution in [0.15, 0.2) is 0 Å². The van der Waals surface area contributed by atoms with Crippen LogP contribution in [-0.2, 0) is 19.1 Å². The van der Waals surface area contributed by atoms with Crippen molar-refractivity contribution in [2.24, 2.45) is 5.41 Å². The van der Waals surface area contributed by atoms with Crippen molar-refractivity contribution >= 4 is 11.9 Å². The Hall–Kier alpha value is -1.06. The molecular weight excluding hydrogens is 196 g/mol. The molecule has 0 N–H and O–H groups in total. The van der Waals surface area contributed by atoms with Gasteiger partial charge in [-0.15, -0.1) is 0 Å². The van der Waals surface area contributed by atoms with Gasteiger partial charge in [-0.05, 0) is 26.6 Å². The second-order valence-corrected chi connectivity index (χ2v) is 3.04. The summed E-state index contributed by atoms with van der Waals surface area (Å²) in [6.45, 7) is 2.89. The van der Waals surface area contributed by atoms with Crippen LogP contribution in [0.5, 0.6) is 0 Å². The van der Waals surface area contributed by atoms with E-state index in [9.17, 15) is 9.59 Å². The van der Waals surface area contributed by atoms with Crippen LogP contribution in [0.3, 0.4) is 0 Å². The summed E-state index contributed by atoms with van der Waals surface area (Å²) in [5.41, 5.74) is -2.55. The standard InChI is InChI=1S/C11H18O4/c1-3-14-9(12)11(7-5-6-8-11)10(13)15-4-2/h3-8H2,1-2H3/i7D2,8D2. The maximum Gasteiger partial charge on any atom is 0.323 e. The van der Waals surface area contributed by atoms with Crippen LogP contribution in [0.1, 0.15) is 44.9 Å². The average molecular weight is 218 g/mol. The van der Waals surface area contributed by atoms with Crippen molar-refractivity contribution in [2.75, 3.05) is 13.2 Å². The van der Waals surface area contributed by atoms with Crippen LogP contribution >= 0.6 is 0 Å². The van der Waals surface area contributed by atoms with Gasteiger partial charge >= 0.3 is 11.9 Å². The van der Waals surface area contributed by atoms with Gasteiger partial charge in [0.2, 0.25) is 0 Å². The second kappa shape index (κ2) is 5.14. The Morgan fingerprint density at radius 2 is 1.53 bits per heavy atom. The molecule has 0 amide bonds. The minimum absolute atomic E-state index is 0.0633. The molecule has 0 aliphatic heterocycles. The molecule has 1 aliphatic rings. The molecule has 1 saturated carbocycles. The molecule has 1 aliphatic carbocycles. The van der Waals surface area contributed by atoms with E-state index in [1.165, 1.54) is 13.8 Å². The maximum absolute atomic E-state index is 12.1. The third-order valence-corrected chi connectivity index (χ3v) is 2.07. The normalized spacial score (nSPS) is 29.2. The van der Waals surface area contributed by atoms with Crippen LogP contribution in [0.2, 0.25) is 0 Å². The first-order valence-electron chi connectivity index (χ1n) is 7.02. The van der Waals surface area contributed by atoms with E-state index in [1.54, 1.807) is 0 Å². The van der Waals surface area contributed by atoms with Crippen LogP contribution in [0.4, 0.5) is 0 Å². The molecule has 1 rings (SSSR count). The fourth-order valence-corrected chi connectivity index (χ4v) is 1.41. The third kappa shape index (κ3) is 2.30. The molecule has 4 heteroatoms. The summed E-state index contributed by atoms with van der Waals surface area (Å²) in [6, 6.07) is 0. The Morgan fingerprint density at radius 3 is 1.87 bits per heavy atom. The van der Waals surface area contributed by atoms with Crippen LogP contribution < -0.4 is 0 Å². The van der Waals surface area contributed by atoms with E-state index in [1.807, 2.05) is 0 Å². The molecule has 0 radical (unpaired) electrons.